The zero-order valence-corrected chi connectivity index (χ0v) is 21.5. The van der Waals surface area contributed by atoms with Gasteiger partial charge in [-0.1, -0.05) is 57.2 Å². The quantitative estimate of drug-likeness (QED) is 0.501. The molecule has 2 atom stereocenters. The lowest BCUT2D eigenvalue weighted by Gasteiger charge is -2.29. The Morgan fingerprint density at radius 3 is 2.21 bits per heavy atom. The van der Waals surface area contributed by atoms with Crippen molar-refractivity contribution in [1.29, 1.82) is 0 Å². The lowest BCUT2D eigenvalue weighted by Crippen LogP contribution is -2.56. The van der Waals surface area contributed by atoms with Crippen LogP contribution >= 0.6 is 0 Å². The number of nitrogens with one attached hydrogen (secondary N) is 2. The Kier molecular flexibility index (Phi) is 8.66. The van der Waals surface area contributed by atoms with Crippen LogP contribution < -0.4 is 15.5 Å². The summed E-state index contributed by atoms with van der Waals surface area (Å²) in [5, 5.41) is 4.85. The molecule has 2 aromatic carbocycles. The number of aryl methyl sites for hydroxylation is 1. The molecule has 0 aliphatic carbocycles. The summed E-state index contributed by atoms with van der Waals surface area (Å²) in [5.74, 6) is -2.63. The number of carbonyl (C=O) groups excluding carboxylic acids is 3. The highest BCUT2D eigenvalue weighted by Gasteiger charge is 2.40. The fourth-order valence-corrected chi connectivity index (χ4v) is 4.24. The summed E-state index contributed by atoms with van der Waals surface area (Å²) in [6.07, 6.45) is -9.90. The second-order valence-electron chi connectivity index (χ2n) is 10.4. The van der Waals surface area contributed by atoms with E-state index in [2.05, 4.69) is 10.6 Å². The van der Waals surface area contributed by atoms with Crippen molar-refractivity contribution in [3.63, 3.8) is 0 Å². The Bertz CT molecular complexity index is 1220. The SMILES string of the molecule is CC(C)(C)C(=O)N[C@H](Cc1ccccc1C(F)(F)F)C(=O)N[C@@H]1CCc2ccccc2N(CC(F)(F)F)C1=O. The molecular formula is C27H29F6N3O3. The molecule has 3 rings (SSSR count). The van der Waals surface area contributed by atoms with Crippen LogP contribution in [0.15, 0.2) is 48.5 Å². The van der Waals surface area contributed by atoms with Crippen LogP contribution in [-0.4, -0.2) is 42.5 Å². The first-order valence-corrected chi connectivity index (χ1v) is 12.2. The number of alkyl halides is 6. The third-order valence-electron chi connectivity index (χ3n) is 6.25. The first-order valence-electron chi connectivity index (χ1n) is 12.2. The van der Waals surface area contributed by atoms with Gasteiger partial charge in [-0.05, 0) is 36.1 Å². The molecule has 0 spiro atoms. The van der Waals surface area contributed by atoms with Crippen molar-refractivity contribution in [2.24, 2.45) is 5.41 Å². The molecule has 2 aromatic rings. The third kappa shape index (κ3) is 7.73. The van der Waals surface area contributed by atoms with Crippen LogP contribution in [0.5, 0.6) is 0 Å². The fraction of sp³-hybridized carbons (Fsp3) is 0.444. The predicted molar refractivity (Wildman–Crippen MR) is 132 cm³/mol. The largest absolute Gasteiger partial charge is 0.416 e. The number of benzene rings is 2. The molecule has 6 nitrogen and oxygen atoms in total. The normalized spacial score (nSPS) is 17.2. The Labute approximate surface area is 221 Å². The minimum atomic E-state index is -4.73. The summed E-state index contributed by atoms with van der Waals surface area (Å²) in [6.45, 7) is 3.05. The number of nitrogens with zero attached hydrogens (tertiary/aromatic N) is 1. The van der Waals surface area contributed by atoms with Gasteiger partial charge in [0, 0.05) is 17.5 Å². The van der Waals surface area contributed by atoms with Crippen molar-refractivity contribution in [3.05, 3.63) is 65.2 Å². The highest BCUT2D eigenvalue weighted by Crippen LogP contribution is 2.33. The van der Waals surface area contributed by atoms with Crippen LogP contribution in [0.2, 0.25) is 0 Å². The number of para-hydroxylation sites is 1. The second-order valence-corrected chi connectivity index (χ2v) is 10.4. The molecule has 1 aliphatic heterocycles. The first-order chi connectivity index (χ1) is 18.0. The molecule has 3 amide bonds. The van der Waals surface area contributed by atoms with Gasteiger partial charge in [-0.15, -0.1) is 0 Å². The zero-order chi connectivity index (χ0) is 29.2. The van der Waals surface area contributed by atoms with Gasteiger partial charge in [0.15, 0.2) is 0 Å². The van der Waals surface area contributed by atoms with E-state index in [9.17, 15) is 40.7 Å². The molecule has 0 saturated carbocycles. The second kappa shape index (κ2) is 11.3. The summed E-state index contributed by atoms with van der Waals surface area (Å²) in [6, 6.07) is 7.68. The van der Waals surface area contributed by atoms with Crippen LogP contribution in [0.3, 0.4) is 0 Å². The molecule has 212 valence electrons. The molecule has 39 heavy (non-hydrogen) atoms. The minimum absolute atomic E-state index is 0.0466. The molecule has 0 aromatic heterocycles. The van der Waals surface area contributed by atoms with Gasteiger partial charge in [0.1, 0.15) is 18.6 Å². The van der Waals surface area contributed by atoms with E-state index in [1.807, 2.05) is 0 Å². The van der Waals surface area contributed by atoms with Crippen LogP contribution in [0.1, 0.15) is 43.9 Å². The number of hydrogen-bond acceptors (Lipinski definition) is 3. The number of carbonyl (C=O) groups is 3. The van der Waals surface area contributed by atoms with Crippen molar-refractivity contribution < 1.29 is 40.7 Å². The summed E-state index contributed by atoms with van der Waals surface area (Å²) < 4.78 is 80.9. The van der Waals surface area contributed by atoms with Gasteiger partial charge in [0.2, 0.25) is 17.7 Å². The summed E-state index contributed by atoms with van der Waals surface area (Å²) >= 11 is 0. The van der Waals surface area contributed by atoms with Gasteiger partial charge in [-0.25, -0.2) is 0 Å². The van der Waals surface area contributed by atoms with E-state index in [1.165, 1.54) is 30.3 Å². The van der Waals surface area contributed by atoms with Crippen LogP contribution in [0, 0.1) is 5.41 Å². The molecule has 0 bridgehead atoms. The number of amides is 3. The smallest absolute Gasteiger partial charge is 0.344 e. The molecule has 1 heterocycles. The van der Waals surface area contributed by atoms with Crippen molar-refractivity contribution >= 4 is 23.4 Å². The van der Waals surface area contributed by atoms with Crippen molar-refractivity contribution in [2.75, 3.05) is 11.4 Å². The summed E-state index contributed by atoms with van der Waals surface area (Å²) in [5.41, 5.74) is -1.73. The topological polar surface area (TPSA) is 78.5 Å². The fourth-order valence-electron chi connectivity index (χ4n) is 4.24. The van der Waals surface area contributed by atoms with E-state index < -0.39 is 66.1 Å². The van der Waals surface area contributed by atoms with Gasteiger partial charge in [-0.2, -0.15) is 26.3 Å². The number of fused-ring (bicyclic) bond motifs is 1. The summed E-state index contributed by atoms with van der Waals surface area (Å²) in [4.78, 5) is 39.9. The van der Waals surface area contributed by atoms with Gasteiger partial charge >= 0.3 is 12.4 Å². The first kappa shape index (κ1) is 30.0. The molecule has 1 aliphatic rings. The highest BCUT2D eigenvalue weighted by molar-refractivity contribution is 6.01. The van der Waals surface area contributed by atoms with Crippen molar-refractivity contribution in [1.82, 2.24) is 10.6 Å². The lowest BCUT2D eigenvalue weighted by molar-refractivity contribution is -0.139. The van der Waals surface area contributed by atoms with E-state index in [4.69, 9.17) is 0 Å². The Hall–Kier alpha value is -3.57. The number of rotatable bonds is 6. The predicted octanol–water partition coefficient (Wildman–Crippen LogP) is 4.81. The van der Waals surface area contributed by atoms with Crippen LogP contribution in [0.4, 0.5) is 32.0 Å². The maximum absolute atomic E-state index is 13.6. The van der Waals surface area contributed by atoms with Crippen LogP contribution in [0.25, 0.3) is 0 Å². The van der Waals surface area contributed by atoms with Crippen molar-refractivity contribution in [2.45, 2.75) is 64.5 Å². The molecule has 12 heteroatoms. The maximum Gasteiger partial charge on any atom is 0.416 e. The van der Waals surface area contributed by atoms with E-state index >= 15 is 0 Å². The Morgan fingerprint density at radius 1 is 0.974 bits per heavy atom. The molecule has 0 saturated heterocycles. The molecule has 0 unspecified atom stereocenters. The molecular weight excluding hydrogens is 528 g/mol. The molecule has 0 radical (unpaired) electrons. The third-order valence-corrected chi connectivity index (χ3v) is 6.25. The van der Waals surface area contributed by atoms with E-state index in [-0.39, 0.29) is 24.1 Å². The van der Waals surface area contributed by atoms with E-state index in [1.54, 1.807) is 32.9 Å². The monoisotopic (exact) mass is 557 g/mol. The van der Waals surface area contributed by atoms with E-state index in [0.717, 1.165) is 6.07 Å². The van der Waals surface area contributed by atoms with Gasteiger partial charge < -0.3 is 15.5 Å². The number of hydrogen-bond donors (Lipinski definition) is 2. The van der Waals surface area contributed by atoms with Gasteiger partial charge in [-0.3, -0.25) is 14.4 Å². The number of anilines is 1. The standard InChI is InChI=1S/C27H29F6N3O3/c1-25(2,3)24(39)35-20(14-17-9-4-6-10-18(17)27(31,32)33)22(37)34-19-13-12-16-8-5-7-11-21(16)36(23(19)38)15-26(28,29)30/h4-11,19-20H,12-15H2,1-3H3,(H,34,37)(H,35,39)/t19-,20-/m1/s1. The maximum atomic E-state index is 13.6. The molecule has 0 fully saturated rings. The Morgan fingerprint density at radius 2 is 1.59 bits per heavy atom. The minimum Gasteiger partial charge on any atom is -0.344 e. The zero-order valence-electron chi connectivity index (χ0n) is 21.5. The lowest BCUT2D eigenvalue weighted by atomic mass is 9.93. The van der Waals surface area contributed by atoms with Crippen molar-refractivity contribution in [3.8, 4) is 0 Å². The van der Waals surface area contributed by atoms with Gasteiger partial charge in [0.05, 0.1) is 5.56 Å². The summed E-state index contributed by atoms with van der Waals surface area (Å²) in [7, 11) is 0. The van der Waals surface area contributed by atoms with Crippen LogP contribution in [-0.2, 0) is 33.4 Å². The van der Waals surface area contributed by atoms with E-state index in [0.29, 0.717) is 10.5 Å². The molecule has 2 N–H and O–H groups in total. The highest BCUT2D eigenvalue weighted by atomic mass is 19.4. The van der Waals surface area contributed by atoms with Gasteiger partial charge in [0.25, 0.3) is 0 Å². The number of halogens is 6. The Balaban J connectivity index is 1.92. The average molecular weight is 558 g/mol. The average Bonchev–Trinajstić information content (AvgIpc) is 2.94.